The standard InChI is InChI=1S/C14H15N3O2S2/c18-12-4-3-9(7-15-12)16-13(19)6-10-8-21-14(17-10)11-2-1-5-20-11/h1-2,5,8-9H,3-4,6-7H2,(H,15,18)(H,16,19). The lowest BCUT2D eigenvalue weighted by Crippen LogP contribution is -2.48. The third-order valence-corrected chi connectivity index (χ3v) is 5.19. The van der Waals surface area contributed by atoms with Crippen LogP contribution in [0, 0.1) is 0 Å². The SMILES string of the molecule is O=C1CCC(NC(=O)Cc2csc(-c3cccs3)n2)CN1. The van der Waals surface area contributed by atoms with Crippen LogP contribution in [0.1, 0.15) is 18.5 Å². The van der Waals surface area contributed by atoms with Crippen molar-refractivity contribution in [3.8, 4) is 9.88 Å². The molecule has 2 aromatic rings. The molecule has 3 heterocycles. The first-order chi connectivity index (χ1) is 10.2. The van der Waals surface area contributed by atoms with Crippen LogP contribution in [0.5, 0.6) is 0 Å². The van der Waals surface area contributed by atoms with Gasteiger partial charge in [0, 0.05) is 24.4 Å². The Balaban J connectivity index is 1.54. The molecular formula is C14H15N3O2S2. The van der Waals surface area contributed by atoms with Crippen molar-refractivity contribution >= 4 is 34.5 Å². The lowest BCUT2D eigenvalue weighted by Gasteiger charge is -2.23. The molecule has 2 amide bonds. The molecule has 21 heavy (non-hydrogen) atoms. The van der Waals surface area contributed by atoms with Gasteiger partial charge in [-0.05, 0) is 17.9 Å². The second-order valence-electron chi connectivity index (χ2n) is 4.91. The summed E-state index contributed by atoms with van der Waals surface area (Å²) in [5, 5.41) is 10.6. The predicted octanol–water partition coefficient (Wildman–Crippen LogP) is 1.81. The van der Waals surface area contributed by atoms with Gasteiger partial charge in [-0.15, -0.1) is 22.7 Å². The summed E-state index contributed by atoms with van der Waals surface area (Å²) in [5.74, 6) is 0.0137. The van der Waals surface area contributed by atoms with Crippen LogP contribution in [0.3, 0.4) is 0 Å². The number of nitrogens with one attached hydrogen (secondary N) is 2. The van der Waals surface area contributed by atoms with Crippen molar-refractivity contribution in [2.75, 3.05) is 6.54 Å². The zero-order valence-electron chi connectivity index (χ0n) is 11.3. The average molecular weight is 321 g/mol. The van der Waals surface area contributed by atoms with Crippen LogP contribution in [0.15, 0.2) is 22.9 Å². The summed E-state index contributed by atoms with van der Waals surface area (Å²) in [6.07, 6.45) is 1.46. The fourth-order valence-electron chi connectivity index (χ4n) is 2.20. The monoisotopic (exact) mass is 321 g/mol. The van der Waals surface area contributed by atoms with Crippen molar-refractivity contribution in [3.05, 3.63) is 28.6 Å². The first kappa shape index (κ1) is 14.2. The zero-order valence-corrected chi connectivity index (χ0v) is 12.9. The fraction of sp³-hybridized carbons (Fsp3) is 0.357. The lowest BCUT2D eigenvalue weighted by atomic mass is 10.1. The van der Waals surface area contributed by atoms with Gasteiger partial charge in [-0.1, -0.05) is 6.07 Å². The van der Waals surface area contributed by atoms with E-state index in [4.69, 9.17) is 0 Å². The molecule has 1 aliphatic rings. The summed E-state index contributed by atoms with van der Waals surface area (Å²) in [6.45, 7) is 0.516. The summed E-state index contributed by atoms with van der Waals surface area (Å²) in [5.41, 5.74) is 0.792. The van der Waals surface area contributed by atoms with Crippen LogP contribution < -0.4 is 10.6 Å². The summed E-state index contributed by atoms with van der Waals surface area (Å²) in [4.78, 5) is 28.7. The van der Waals surface area contributed by atoms with Gasteiger partial charge in [-0.3, -0.25) is 9.59 Å². The van der Waals surface area contributed by atoms with Gasteiger partial charge in [0.25, 0.3) is 0 Å². The molecular weight excluding hydrogens is 306 g/mol. The Bertz CT molecular complexity index is 626. The maximum Gasteiger partial charge on any atom is 0.226 e. The summed E-state index contributed by atoms with van der Waals surface area (Å²) < 4.78 is 0. The molecule has 1 aliphatic heterocycles. The van der Waals surface area contributed by atoms with Crippen LogP contribution >= 0.6 is 22.7 Å². The van der Waals surface area contributed by atoms with Gasteiger partial charge < -0.3 is 10.6 Å². The van der Waals surface area contributed by atoms with Gasteiger partial charge in [-0.2, -0.15) is 0 Å². The van der Waals surface area contributed by atoms with Crippen LogP contribution in [0.4, 0.5) is 0 Å². The Morgan fingerprint density at radius 3 is 3.10 bits per heavy atom. The summed E-state index contributed by atoms with van der Waals surface area (Å²) in [6, 6.07) is 4.05. The highest BCUT2D eigenvalue weighted by Gasteiger charge is 2.20. The van der Waals surface area contributed by atoms with E-state index in [1.54, 1.807) is 22.7 Å². The molecule has 0 spiro atoms. The number of carbonyl (C=O) groups excluding carboxylic acids is 2. The first-order valence-electron chi connectivity index (χ1n) is 6.75. The predicted molar refractivity (Wildman–Crippen MR) is 83.3 cm³/mol. The number of aromatic nitrogens is 1. The minimum atomic E-state index is -0.0424. The van der Waals surface area contributed by atoms with Crippen molar-refractivity contribution in [1.29, 1.82) is 0 Å². The van der Waals surface area contributed by atoms with Crippen molar-refractivity contribution in [3.63, 3.8) is 0 Å². The normalized spacial score (nSPS) is 18.3. The second kappa shape index (κ2) is 6.36. The van der Waals surface area contributed by atoms with Gasteiger partial charge in [0.05, 0.1) is 17.0 Å². The largest absolute Gasteiger partial charge is 0.354 e. The minimum Gasteiger partial charge on any atom is -0.354 e. The number of nitrogens with zero attached hydrogens (tertiary/aromatic N) is 1. The zero-order chi connectivity index (χ0) is 14.7. The maximum atomic E-state index is 12.0. The topological polar surface area (TPSA) is 71.1 Å². The van der Waals surface area contributed by atoms with Crippen LogP contribution in [0.2, 0.25) is 0 Å². The number of hydrogen-bond donors (Lipinski definition) is 2. The van der Waals surface area contributed by atoms with Crippen LogP contribution in [0.25, 0.3) is 9.88 Å². The molecule has 1 fully saturated rings. The second-order valence-corrected chi connectivity index (χ2v) is 6.71. The Hall–Kier alpha value is -1.73. The molecule has 1 saturated heterocycles. The molecule has 2 aromatic heterocycles. The summed E-state index contributed by atoms with van der Waals surface area (Å²) >= 11 is 3.20. The van der Waals surface area contributed by atoms with E-state index in [1.165, 1.54) is 0 Å². The number of thiazole rings is 1. The Morgan fingerprint density at radius 2 is 2.38 bits per heavy atom. The van der Waals surface area contributed by atoms with Crippen LogP contribution in [-0.4, -0.2) is 29.4 Å². The molecule has 110 valence electrons. The number of carbonyl (C=O) groups is 2. The van der Waals surface area contributed by atoms with E-state index in [-0.39, 0.29) is 24.3 Å². The summed E-state index contributed by atoms with van der Waals surface area (Å²) in [7, 11) is 0. The highest BCUT2D eigenvalue weighted by molar-refractivity contribution is 7.20. The molecule has 0 aliphatic carbocycles. The number of piperidine rings is 1. The molecule has 1 unspecified atom stereocenters. The van der Waals surface area contributed by atoms with Crippen molar-refractivity contribution in [2.45, 2.75) is 25.3 Å². The fourth-order valence-corrected chi connectivity index (χ4v) is 3.83. The maximum absolute atomic E-state index is 12.0. The molecule has 0 saturated carbocycles. The van der Waals surface area contributed by atoms with E-state index in [2.05, 4.69) is 15.6 Å². The third-order valence-electron chi connectivity index (χ3n) is 3.26. The smallest absolute Gasteiger partial charge is 0.226 e. The van der Waals surface area contributed by atoms with E-state index in [9.17, 15) is 9.59 Å². The molecule has 0 aromatic carbocycles. The quantitative estimate of drug-likeness (QED) is 0.902. The highest BCUT2D eigenvalue weighted by Crippen LogP contribution is 2.27. The number of thiophene rings is 1. The van der Waals surface area contributed by atoms with Gasteiger partial charge in [0.15, 0.2) is 0 Å². The lowest BCUT2D eigenvalue weighted by molar-refractivity contribution is -0.125. The molecule has 5 nitrogen and oxygen atoms in total. The van der Waals surface area contributed by atoms with Gasteiger partial charge in [0.1, 0.15) is 5.01 Å². The Morgan fingerprint density at radius 1 is 1.48 bits per heavy atom. The van der Waals surface area contributed by atoms with E-state index >= 15 is 0 Å². The highest BCUT2D eigenvalue weighted by atomic mass is 32.1. The van der Waals surface area contributed by atoms with Crippen molar-refractivity contribution in [1.82, 2.24) is 15.6 Å². The van der Waals surface area contributed by atoms with Gasteiger partial charge >= 0.3 is 0 Å². The molecule has 0 bridgehead atoms. The molecule has 0 radical (unpaired) electrons. The molecule has 3 rings (SSSR count). The van der Waals surface area contributed by atoms with E-state index < -0.39 is 0 Å². The average Bonchev–Trinajstić information content (AvgIpc) is 3.12. The third kappa shape index (κ3) is 3.68. The number of rotatable bonds is 4. The number of amides is 2. The van der Waals surface area contributed by atoms with Gasteiger partial charge in [-0.25, -0.2) is 4.98 Å². The molecule has 2 N–H and O–H groups in total. The van der Waals surface area contributed by atoms with E-state index in [1.807, 2.05) is 22.9 Å². The van der Waals surface area contributed by atoms with E-state index in [0.717, 1.165) is 15.6 Å². The number of hydrogen-bond acceptors (Lipinski definition) is 5. The van der Waals surface area contributed by atoms with Crippen LogP contribution in [-0.2, 0) is 16.0 Å². The Labute approximate surface area is 130 Å². The van der Waals surface area contributed by atoms with Crippen molar-refractivity contribution in [2.24, 2.45) is 0 Å². The molecule has 1 atom stereocenters. The van der Waals surface area contributed by atoms with Crippen molar-refractivity contribution < 1.29 is 9.59 Å². The Kier molecular flexibility index (Phi) is 4.31. The first-order valence-corrected chi connectivity index (χ1v) is 8.51. The molecule has 7 heteroatoms. The minimum absolute atomic E-state index is 0.0330. The van der Waals surface area contributed by atoms with E-state index in [0.29, 0.717) is 19.4 Å². The van der Waals surface area contributed by atoms with Gasteiger partial charge in [0.2, 0.25) is 11.8 Å².